The maximum Gasteiger partial charge on any atom is 0.322 e. The molecule has 166 valence electrons. The number of aromatic nitrogens is 6. The molecule has 0 spiro atoms. The van der Waals surface area contributed by atoms with Crippen molar-refractivity contribution in [2.75, 3.05) is 11.9 Å². The molecule has 32 heavy (non-hydrogen) atoms. The minimum absolute atomic E-state index is 0.0270. The van der Waals surface area contributed by atoms with E-state index < -0.39 is 12.0 Å². The third-order valence-corrected chi connectivity index (χ3v) is 4.61. The normalized spacial score (nSPS) is 12.3. The first-order chi connectivity index (χ1) is 15.4. The molecule has 12 heteroatoms. The number of hydrogen-bond donors (Lipinski definition) is 1. The fourth-order valence-electron chi connectivity index (χ4n) is 2.83. The summed E-state index contributed by atoms with van der Waals surface area (Å²) in [6.07, 6.45) is 1.71. The number of para-hydroxylation sites is 1. The lowest BCUT2D eigenvalue weighted by Gasteiger charge is -2.18. The van der Waals surface area contributed by atoms with Gasteiger partial charge in [0.15, 0.2) is 5.65 Å². The van der Waals surface area contributed by atoms with Gasteiger partial charge < -0.3 is 13.9 Å². The number of rotatable bonds is 8. The number of carbonyl (C=O) groups excluding carboxylic acids is 1. The third kappa shape index (κ3) is 4.68. The van der Waals surface area contributed by atoms with Crippen LogP contribution in [0.25, 0.3) is 16.7 Å². The summed E-state index contributed by atoms with van der Waals surface area (Å²) in [6, 6.07) is 7.20. The van der Waals surface area contributed by atoms with Gasteiger partial charge in [0.1, 0.15) is 11.7 Å². The molecule has 0 bridgehead atoms. The van der Waals surface area contributed by atoms with Crippen LogP contribution in [0.2, 0.25) is 5.02 Å². The molecule has 0 radical (unpaired) electrons. The summed E-state index contributed by atoms with van der Waals surface area (Å²) < 4.78 is 18.3. The predicted molar refractivity (Wildman–Crippen MR) is 115 cm³/mol. The molecule has 1 atom stereocenters. The molecule has 1 amide bonds. The fourth-order valence-corrected chi connectivity index (χ4v) is 3.04. The number of halogens is 1. The largest absolute Gasteiger partial charge is 0.461 e. The average molecular weight is 458 g/mol. The first-order valence-corrected chi connectivity index (χ1v) is 10.1. The highest BCUT2D eigenvalue weighted by molar-refractivity contribution is 6.32. The van der Waals surface area contributed by atoms with Crippen molar-refractivity contribution in [2.45, 2.75) is 33.0 Å². The van der Waals surface area contributed by atoms with Gasteiger partial charge in [-0.15, -0.1) is 5.10 Å². The maximum atomic E-state index is 12.8. The zero-order chi connectivity index (χ0) is 22.7. The van der Waals surface area contributed by atoms with Crippen molar-refractivity contribution in [3.8, 4) is 11.6 Å². The second-order valence-electron chi connectivity index (χ2n) is 7.03. The van der Waals surface area contributed by atoms with Crippen molar-refractivity contribution in [3.05, 3.63) is 47.7 Å². The highest BCUT2D eigenvalue weighted by Gasteiger charge is 2.26. The van der Waals surface area contributed by atoms with Gasteiger partial charge in [-0.25, -0.2) is 14.6 Å². The van der Waals surface area contributed by atoms with E-state index in [1.165, 1.54) is 6.33 Å². The van der Waals surface area contributed by atoms with Crippen LogP contribution < -0.4 is 10.1 Å². The molecule has 11 nitrogen and oxygen atoms in total. The van der Waals surface area contributed by atoms with Crippen molar-refractivity contribution < 1.29 is 18.7 Å². The Morgan fingerprint density at radius 1 is 1.25 bits per heavy atom. The summed E-state index contributed by atoms with van der Waals surface area (Å²) in [5.74, 6) is -0.0391. The Kier molecular flexibility index (Phi) is 6.28. The molecule has 4 rings (SSSR count). The van der Waals surface area contributed by atoms with Crippen molar-refractivity contribution in [2.24, 2.45) is 0 Å². The molecule has 1 aromatic carbocycles. The number of ether oxygens (including phenoxy) is 2. The minimum Gasteiger partial charge on any atom is -0.461 e. The van der Waals surface area contributed by atoms with Crippen LogP contribution in [0.3, 0.4) is 0 Å². The molecule has 3 heterocycles. The molecule has 0 aliphatic rings. The monoisotopic (exact) mass is 457 g/mol. The lowest BCUT2D eigenvalue weighted by atomic mass is 10.3. The maximum absolute atomic E-state index is 12.8. The molecular formula is C20H20ClN7O4. The zero-order valence-corrected chi connectivity index (χ0v) is 18.3. The van der Waals surface area contributed by atoms with Crippen LogP contribution in [0.5, 0.6) is 5.88 Å². The van der Waals surface area contributed by atoms with Gasteiger partial charge in [-0.2, -0.15) is 5.10 Å². The van der Waals surface area contributed by atoms with E-state index >= 15 is 0 Å². The Labute approximate surface area is 187 Å². The smallest absolute Gasteiger partial charge is 0.322 e. The number of hydrogen-bond acceptors (Lipinski definition) is 9. The van der Waals surface area contributed by atoms with E-state index in [1.807, 2.05) is 32.0 Å². The fraction of sp³-hybridized carbons (Fsp3) is 0.300. The standard InChI is InChI=1S/C20H20ClN7O4/c1-11(2)30-9-16(18(29)25-20-27-26-12(3)31-20)32-19-13-8-24-28(17(13)22-10-23-19)15-7-5-4-6-14(15)21/h4-8,10-11,16H,9H2,1-3H3,(H,25,27,29). The van der Waals surface area contributed by atoms with Gasteiger partial charge in [-0.05, 0) is 26.0 Å². The summed E-state index contributed by atoms with van der Waals surface area (Å²) in [6.45, 7) is 5.30. The molecule has 0 aliphatic carbocycles. The van der Waals surface area contributed by atoms with Crippen molar-refractivity contribution in [1.82, 2.24) is 29.9 Å². The number of anilines is 1. The Hall–Kier alpha value is -3.57. The molecular weight excluding hydrogens is 438 g/mol. The Morgan fingerprint density at radius 2 is 2.06 bits per heavy atom. The summed E-state index contributed by atoms with van der Waals surface area (Å²) in [5.41, 5.74) is 1.12. The van der Waals surface area contributed by atoms with Gasteiger partial charge in [0.2, 0.25) is 17.9 Å². The number of fused-ring (bicyclic) bond motifs is 1. The van der Waals surface area contributed by atoms with Gasteiger partial charge in [-0.3, -0.25) is 10.1 Å². The number of nitrogens with one attached hydrogen (secondary N) is 1. The molecule has 0 aliphatic heterocycles. The molecule has 1 N–H and O–H groups in total. The van der Waals surface area contributed by atoms with Crippen LogP contribution in [0, 0.1) is 6.92 Å². The number of nitrogens with zero attached hydrogens (tertiary/aromatic N) is 6. The summed E-state index contributed by atoms with van der Waals surface area (Å²) >= 11 is 6.31. The van der Waals surface area contributed by atoms with E-state index in [-0.39, 0.29) is 24.6 Å². The summed E-state index contributed by atoms with van der Waals surface area (Å²) in [7, 11) is 0. The quantitative estimate of drug-likeness (QED) is 0.424. The molecule has 3 aromatic heterocycles. The molecule has 1 unspecified atom stereocenters. The van der Waals surface area contributed by atoms with E-state index in [0.717, 1.165) is 0 Å². The molecule has 4 aromatic rings. The van der Waals surface area contributed by atoms with Crippen molar-refractivity contribution in [1.29, 1.82) is 0 Å². The van der Waals surface area contributed by atoms with E-state index in [1.54, 1.807) is 23.9 Å². The van der Waals surface area contributed by atoms with Crippen molar-refractivity contribution in [3.63, 3.8) is 0 Å². The minimum atomic E-state index is -1.05. The van der Waals surface area contributed by atoms with Crippen LogP contribution >= 0.6 is 11.6 Å². The SMILES string of the molecule is Cc1nnc(NC(=O)C(COC(C)C)Oc2ncnc3c2cnn3-c2ccccc2Cl)o1. The van der Waals surface area contributed by atoms with Crippen LogP contribution in [0.4, 0.5) is 6.01 Å². The van der Waals surface area contributed by atoms with Gasteiger partial charge in [0.05, 0.1) is 29.6 Å². The third-order valence-electron chi connectivity index (χ3n) is 4.29. The van der Waals surface area contributed by atoms with Crippen LogP contribution in [-0.4, -0.2) is 54.7 Å². The second-order valence-corrected chi connectivity index (χ2v) is 7.44. The van der Waals surface area contributed by atoms with E-state index in [0.29, 0.717) is 27.6 Å². The Bertz CT molecular complexity index is 1240. The zero-order valence-electron chi connectivity index (χ0n) is 17.5. The molecule has 0 fully saturated rings. The topological polar surface area (TPSA) is 130 Å². The van der Waals surface area contributed by atoms with Gasteiger partial charge in [0.25, 0.3) is 5.91 Å². The first-order valence-electron chi connectivity index (χ1n) is 9.75. The van der Waals surface area contributed by atoms with E-state index in [4.69, 9.17) is 25.5 Å². The van der Waals surface area contributed by atoms with Gasteiger partial charge >= 0.3 is 6.01 Å². The van der Waals surface area contributed by atoms with Crippen LogP contribution in [0.1, 0.15) is 19.7 Å². The highest BCUT2D eigenvalue weighted by atomic mass is 35.5. The molecule has 0 saturated heterocycles. The van der Waals surface area contributed by atoms with Crippen LogP contribution in [0.15, 0.2) is 41.2 Å². The molecule has 0 saturated carbocycles. The Balaban J connectivity index is 1.63. The van der Waals surface area contributed by atoms with Gasteiger partial charge in [-0.1, -0.05) is 28.8 Å². The lowest BCUT2D eigenvalue weighted by molar-refractivity contribution is -0.126. The first kappa shape index (κ1) is 21.7. The average Bonchev–Trinajstić information content (AvgIpc) is 3.37. The number of amides is 1. The van der Waals surface area contributed by atoms with Crippen LogP contribution in [-0.2, 0) is 9.53 Å². The number of benzene rings is 1. The number of carbonyl (C=O) groups is 1. The number of aryl methyl sites for hydroxylation is 1. The van der Waals surface area contributed by atoms with Gasteiger partial charge in [0, 0.05) is 6.92 Å². The van der Waals surface area contributed by atoms with Crippen molar-refractivity contribution >= 4 is 34.6 Å². The second kappa shape index (κ2) is 9.28. The summed E-state index contributed by atoms with van der Waals surface area (Å²) in [5, 5.41) is 15.4. The van der Waals surface area contributed by atoms with E-state index in [9.17, 15) is 4.79 Å². The van der Waals surface area contributed by atoms with E-state index in [2.05, 4.69) is 30.6 Å². The lowest BCUT2D eigenvalue weighted by Crippen LogP contribution is -2.38. The highest BCUT2D eigenvalue weighted by Crippen LogP contribution is 2.27. The summed E-state index contributed by atoms with van der Waals surface area (Å²) in [4.78, 5) is 21.3. The Morgan fingerprint density at radius 3 is 2.78 bits per heavy atom. The predicted octanol–water partition coefficient (Wildman–Crippen LogP) is 2.97.